The molecule has 0 saturated heterocycles. The van der Waals surface area contributed by atoms with Crippen molar-refractivity contribution in [3.05, 3.63) is 52.1 Å². The van der Waals surface area contributed by atoms with Crippen LogP contribution in [0, 0.1) is 12.8 Å². The van der Waals surface area contributed by atoms with E-state index in [1.165, 1.54) is 16.7 Å². The number of aryl methyl sites for hydroxylation is 2. The third-order valence-corrected chi connectivity index (χ3v) is 6.14. The first-order chi connectivity index (χ1) is 14.5. The quantitative estimate of drug-likeness (QED) is 0.705. The van der Waals surface area contributed by atoms with Gasteiger partial charge in [-0.2, -0.15) is 10.2 Å². The molecule has 158 valence electrons. The fourth-order valence-electron chi connectivity index (χ4n) is 4.25. The minimum atomic E-state index is -0.309. The van der Waals surface area contributed by atoms with E-state index >= 15 is 0 Å². The molecule has 30 heavy (non-hydrogen) atoms. The minimum Gasteiger partial charge on any atom is -0.351 e. The van der Waals surface area contributed by atoms with Gasteiger partial charge in [-0.25, -0.2) is 9.20 Å². The number of benzene rings is 1. The van der Waals surface area contributed by atoms with E-state index in [0.29, 0.717) is 17.3 Å². The zero-order valence-electron chi connectivity index (χ0n) is 17.9. The van der Waals surface area contributed by atoms with E-state index < -0.39 is 0 Å². The number of aromatic nitrogens is 4. The fraction of sp³-hybridized carbons (Fsp3) is 0.478. The monoisotopic (exact) mass is 407 g/mol. The minimum absolute atomic E-state index is 0.0783. The Morgan fingerprint density at radius 3 is 2.60 bits per heavy atom. The van der Waals surface area contributed by atoms with Crippen LogP contribution in [0.15, 0.2) is 35.1 Å². The molecule has 1 amide bonds. The van der Waals surface area contributed by atoms with Gasteiger partial charge in [0.15, 0.2) is 0 Å². The molecule has 1 saturated carbocycles. The van der Waals surface area contributed by atoms with Gasteiger partial charge < -0.3 is 5.32 Å². The molecule has 1 N–H and O–H groups in total. The van der Waals surface area contributed by atoms with Gasteiger partial charge in [-0.1, -0.05) is 51.0 Å². The molecule has 2 aromatic heterocycles. The molecule has 2 heterocycles. The molecule has 0 unspecified atom stereocenters. The first-order valence-electron chi connectivity index (χ1n) is 10.8. The molecule has 0 bridgehead atoms. The molecule has 1 fully saturated rings. The predicted octanol–water partition coefficient (Wildman–Crippen LogP) is 3.12. The number of nitrogens with zero attached hydrogens (tertiary/aromatic N) is 4. The lowest BCUT2D eigenvalue weighted by molar-refractivity contribution is -0.123. The molecule has 0 aliphatic heterocycles. The van der Waals surface area contributed by atoms with Gasteiger partial charge in [0, 0.05) is 11.6 Å². The number of carbonyl (C=O) groups is 1. The van der Waals surface area contributed by atoms with E-state index in [0.717, 1.165) is 36.9 Å². The zero-order valence-corrected chi connectivity index (χ0v) is 17.9. The lowest BCUT2D eigenvalue weighted by atomic mass is 9.86. The van der Waals surface area contributed by atoms with Crippen LogP contribution >= 0.6 is 0 Å². The van der Waals surface area contributed by atoms with E-state index in [2.05, 4.69) is 41.5 Å². The van der Waals surface area contributed by atoms with Crippen molar-refractivity contribution in [2.45, 2.75) is 65.5 Å². The van der Waals surface area contributed by atoms with Gasteiger partial charge >= 0.3 is 0 Å². The SMILES string of the molecule is CCc1ccc(-c2cc3c(=O)n(CC(=O)N[C@H]4CCCC[C@H]4C)nc(C)n3n2)cc1. The highest BCUT2D eigenvalue weighted by atomic mass is 16.2. The van der Waals surface area contributed by atoms with Gasteiger partial charge in [0.2, 0.25) is 5.91 Å². The van der Waals surface area contributed by atoms with Gasteiger partial charge in [0.1, 0.15) is 17.9 Å². The number of hydrogen-bond acceptors (Lipinski definition) is 4. The Labute approximate surface area is 176 Å². The van der Waals surface area contributed by atoms with Gasteiger partial charge in [-0.15, -0.1) is 0 Å². The Bertz CT molecular complexity index is 1110. The maximum atomic E-state index is 13.0. The Morgan fingerprint density at radius 1 is 1.17 bits per heavy atom. The summed E-state index contributed by atoms with van der Waals surface area (Å²) in [6, 6.07) is 10.1. The highest BCUT2D eigenvalue weighted by Gasteiger charge is 2.23. The number of nitrogens with one attached hydrogen (secondary N) is 1. The van der Waals surface area contributed by atoms with E-state index in [1.807, 2.05) is 12.1 Å². The van der Waals surface area contributed by atoms with Crippen molar-refractivity contribution in [1.82, 2.24) is 24.7 Å². The number of hydrogen-bond donors (Lipinski definition) is 1. The standard InChI is InChI=1S/C23H29N5O2/c1-4-17-9-11-18(12-10-17)20-13-21-23(30)27(25-16(3)28(21)26-20)14-22(29)24-19-8-6-5-7-15(19)2/h9-13,15,19H,4-8,14H2,1-3H3,(H,24,29)/t15-,19+/m1/s1. The number of carbonyl (C=O) groups excluding carboxylic acids is 1. The highest BCUT2D eigenvalue weighted by molar-refractivity contribution is 5.76. The molecule has 4 rings (SSSR count). The Hall–Kier alpha value is -2.96. The molecule has 2 atom stereocenters. The van der Waals surface area contributed by atoms with Crippen LogP contribution in [0.2, 0.25) is 0 Å². The van der Waals surface area contributed by atoms with Crippen molar-refractivity contribution in [2.75, 3.05) is 0 Å². The average molecular weight is 408 g/mol. The fourth-order valence-corrected chi connectivity index (χ4v) is 4.25. The molecular formula is C23H29N5O2. The first-order valence-corrected chi connectivity index (χ1v) is 10.8. The largest absolute Gasteiger partial charge is 0.351 e. The first kappa shape index (κ1) is 20.3. The van der Waals surface area contributed by atoms with Crippen molar-refractivity contribution in [3.63, 3.8) is 0 Å². The molecule has 3 aromatic rings. The Morgan fingerprint density at radius 2 is 1.90 bits per heavy atom. The summed E-state index contributed by atoms with van der Waals surface area (Å²) in [5.74, 6) is 0.870. The number of rotatable bonds is 5. The lowest BCUT2D eigenvalue weighted by Crippen LogP contribution is -2.44. The van der Waals surface area contributed by atoms with Crippen molar-refractivity contribution in [2.24, 2.45) is 5.92 Å². The molecule has 0 radical (unpaired) electrons. The average Bonchev–Trinajstić information content (AvgIpc) is 3.20. The zero-order chi connectivity index (χ0) is 21.3. The normalized spacial score (nSPS) is 19.2. The molecule has 7 nitrogen and oxygen atoms in total. The molecule has 1 aliphatic rings. The molecule has 1 aliphatic carbocycles. The van der Waals surface area contributed by atoms with E-state index in [4.69, 9.17) is 0 Å². The van der Waals surface area contributed by atoms with Gasteiger partial charge in [-0.3, -0.25) is 9.59 Å². The number of amides is 1. The van der Waals surface area contributed by atoms with Crippen LogP contribution < -0.4 is 10.9 Å². The van der Waals surface area contributed by atoms with Crippen LogP contribution in [-0.4, -0.2) is 31.3 Å². The van der Waals surface area contributed by atoms with Crippen LogP contribution in [0.1, 0.15) is 50.9 Å². The maximum absolute atomic E-state index is 13.0. The second-order valence-corrected chi connectivity index (χ2v) is 8.32. The summed E-state index contributed by atoms with van der Waals surface area (Å²) in [4.78, 5) is 25.6. The molecule has 0 spiro atoms. The third kappa shape index (κ3) is 4.01. The summed E-state index contributed by atoms with van der Waals surface area (Å²) >= 11 is 0. The topological polar surface area (TPSA) is 81.3 Å². The van der Waals surface area contributed by atoms with Crippen molar-refractivity contribution >= 4 is 11.4 Å². The van der Waals surface area contributed by atoms with Crippen LogP contribution in [0.4, 0.5) is 0 Å². The summed E-state index contributed by atoms with van der Waals surface area (Å²) in [5.41, 5.74) is 3.04. The van der Waals surface area contributed by atoms with Crippen molar-refractivity contribution in [1.29, 1.82) is 0 Å². The summed E-state index contributed by atoms with van der Waals surface area (Å²) in [6.45, 7) is 6.00. The molecular weight excluding hydrogens is 378 g/mol. The summed E-state index contributed by atoms with van der Waals surface area (Å²) in [7, 11) is 0. The van der Waals surface area contributed by atoms with Crippen molar-refractivity contribution in [3.8, 4) is 11.3 Å². The van der Waals surface area contributed by atoms with Crippen LogP contribution in [0.5, 0.6) is 0 Å². The van der Waals surface area contributed by atoms with Gasteiger partial charge in [0.05, 0.1) is 5.69 Å². The summed E-state index contributed by atoms with van der Waals surface area (Å²) in [5, 5.41) is 12.0. The van der Waals surface area contributed by atoms with Gasteiger partial charge in [-0.05, 0) is 43.7 Å². The van der Waals surface area contributed by atoms with E-state index in [9.17, 15) is 9.59 Å². The smallest absolute Gasteiger partial charge is 0.293 e. The molecule has 1 aromatic carbocycles. The lowest BCUT2D eigenvalue weighted by Gasteiger charge is -2.29. The number of fused-ring (bicyclic) bond motifs is 1. The highest BCUT2D eigenvalue weighted by Crippen LogP contribution is 2.23. The van der Waals surface area contributed by atoms with Crippen molar-refractivity contribution < 1.29 is 4.79 Å². The second kappa shape index (κ2) is 8.42. The summed E-state index contributed by atoms with van der Waals surface area (Å²) in [6.07, 6.45) is 5.45. The maximum Gasteiger partial charge on any atom is 0.293 e. The van der Waals surface area contributed by atoms with Crippen LogP contribution in [0.25, 0.3) is 16.8 Å². The third-order valence-electron chi connectivity index (χ3n) is 6.14. The second-order valence-electron chi connectivity index (χ2n) is 8.32. The summed E-state index contributed by atoms with van der Waals surface area (Å²) < 4.78 is 2.81. The Kier molecular flexibility index (Phi) is 5.70. The predicted molar refractivity (Wildman–Crippen MR) is 116 cm³/mol. The van der Waals surface area contributed by atoms with Gasteiger partial charge in [0.25, 0.3) is 5.56 Å². The molecule has 7 heteroatoms. The van der Waals surface area contributed by atoms with E-state index in [-0.39, 0.29) is 24.1 Å². The van der Waals surface area contributed by atoms with E-state index in [1.54, 1.807) is 17.5 Å². The Balaban J connectivity index is 1.59. The van der Waals surface area contributed by atoms with Crippen LogP contribution in [0.3, 0.4) is 0 Å². The van der Waals surface area contributed by atoms with Crippen LogP contribution in [-0.2, 0) is 17.8 Å².